The predicted molar refractivity (Wildman–Crippen MR) is 102 cm³/mol. The Morgan fingerprint density at radius 3 is 2.50 bits per heavy atom. The molecule has 0 spiro atoms. The molecule has 3 rings (SSSR count). The lowest BCUT2D eigenvalue weighted by molar-refractivity contribution is -0.134. The third-order valence-electron chi connectivity index (χ3n) is 4.96. The van der Waals surface area contributed by atoms with Crippen molar-refractivity contribution in [3.05, 3.63) is 53.6 Å². The van der Waals surface area contributed by atoms with Crippen molar-refractivity contribution >= 4 is 18.3 Å². The number of hydrogen-bond donors (Lipinski definition) is 1. The summed E-state index contributed by atoms with van der Waals surface area (Å²) in [6.07, 6.45) is 6.51. The first-order chi connectivity index (χ1) is 12.1. The maximum atomic E-state index is 13.0. The number of amides is 1. The second kappa shape index (κ2) is 9.14. The maximum Gasteiger partial charge on any atom is 0.244 e. The number of aryl methyl sites for hydroxylation is 1. The number of carbonyl (C=O) groups excluding carboxylic acids is 1. The quantitative estimate of drug-likeness (QED) is 0.867. The van der Waals surface area contributed by atoms with Crippen molar-refractivity contribution in [2.24, 2.45) is 13.0 Å². The molecule has 1 fully saturated rings. The molecule has 1 aliphatic rings. The second-order valence-corrected chi connectivity index (χ2v) is 6.77. The van der Waals surface area contributed by atoms with Gasteiger partial charge in [0.1, 0.15) is 11.9 Å². The number of benzene rings is 1. The maximum absolute atomic E-state index is 13.0. The van der Waals surface area contributed by atoms with Crippen LogP contribution in [-0.4, -0.2) is 40.7 Å². The molecule has 1 saturated heterocycles. The van der Waals surface area contributed by atoms with Gasteiger partial charge in [-0.05, 0) is 49.9 Å². The van der Waals surface area contributed by atoms with E-state index in [4.69, 9.17) is 0 Å². The Bertz CT molecular complexity index is 711. The van der Waals surface area contributed by atoms with Gasteiger partial charge in [0.05, 0.1) is 6.20 Å². The highest BCUT2D eigenvalue weighted by atomic mass is 35.5. The molecular formula is C19H26ClFN4O. The fourth-order valence-electron chi connectivity index (χ4n) is 3.52. The number of carbonyl (C=O) groups is 1. The minimum atomic E-state index is -0.345. The van der Waals surface area contributed by atoms with Crippen LogP contribution in [-0.2, 0) is 18.3 Å². The van der Waals surface area contributed by atoms with E-state index in [-0.39, 0.29) is 30.2 Å². The summed E-state index contributed by atoms with van der Waals surface area (Å²) < 4.78 is 14.7. The monoisotopic (exact) mass is 380 g/mol. The average molecular weight is 381 g/mol. The van der Waals surface area contributed by atoms with Gasteiger partial charge in [0, 0.05) is 31.9 Å². The summed E-state index contributed by atoms with van der Waals surface area (Å²) in [6, 6.07) is 6.39. The Hall–Kier alpha value is -1.92. The fraction of sp³-hybridized carbons (Fsp3) is 0.474. The zero-order valence-corrected chi connectivity index (χ0v) is 16.0. The molecule has 142 valence electrons. The fourth-order valence-corrected chi connectivity index (χ4v) is 3.52. The largest absolute Gasteiger partial charge is 0.341 e. The van der Waals surface area contributed by atoms with Gasteiger partial charge in [0.2, 0.25) is 5.91 Å². The van der Waals surface area contributed by atoms with Crippen LogP contribution in [0.15, 0.2) is 36.7 Å². The van der Waals surface area contributed by atoms with E-state index in [1.54, 1.807) is 17.9 Å². The van der Waals surface area contributed by atoms with E-state index in [1.165, 1.54) is 12.1 Å². The highest BCUT2D eigenvalue weighted by Crippen LogP contribution is 2.24. The zero-order valence-electron chi connectivity index (χ0n) is 15.2. The lowest BCUT2D eigenvalue weighted by Gasteiger charge is -2.34. The van der Waals surface area contributed by atoms with Crippen LogP contribution >= 0.6 is 12.4 Å². The van der Waals surface area contributed by atoms with Crippen LogP contribution in [0.2, 0.25) is 0 Å². The number of likely N-dealkylation sites (tertiary alicyclic amines) is 1. The molecule has 1 aliphatic heterocycles. The van der Waals surface area contributed by atoms with E-state index in [1.807, 2.05) is 30.3 Å². The lowest BCUT2D eigenvalue weighted by atomic mass is 9.90. The van der Waals surface area contributed by atoms with Gasteiger partial charge in [-0.25, -0.2) is 4.39 Å². The summed E-state index contributed by atoms with van der Waals surface area (Å²) >= 11 is 0. The topological polar surface area (TPSA) is 50.2 Å². The molecule has 0 bridgehead atoms. The summed E-state index contributed by atoms with van der Waals surface area (Å²) in [5.41, 5.74) is 2.05. The van der Waals surface area contributed by atoms with Crippen molar-refractivity contribution in [1.29, 1.82) is 0 Å². The number of halogens is 2. The number of nitrogens with one attached hydrogen (secondary N) is 1. The van der Waals surface area contributed by atoms with Crippen molar-refractivity contribution in [3.63, 3.8) is 0 Å². The molecule has 1 atom stereocenters. The van der Waals surface area contributed by atoms with Crippen LogP contribution in [0.5, 0.6) is 0 Å². The Kier molecular flexibility index (Phi) is 7.17. The predicted octanol–water partition coefficient (Wildman–Crippen LogP) is 2.72. The van der Waals surface area contributed by atoms with Gasteiger partial charge in [-0.1, -0.05) is 12.1 Å². The molecule has 7 heteroatoms. The third-order valence-corrected chi connectivity index (χ3v) is 4.96. The first kappa shape index (κ1) is 20.4. The molecular weight excluding hydrogens is 355 g/mol. The molecule has 0 radical (unpaired) electrons. The minimum absolute atomic E-state index is 0. The van der Waals surface area contributed by atoms with Crippen molar-refractivity contribution in [1.82, 2.24) is 20.0 Å². The average Bonchev–Trinajstić information content (AvgIpc) is 3.04. The van der Waals surface area contributed by atoms with Gasteiger partial charge in [-0.15, -0.1) is 12.4 Å². The molecule has 26 heavy (non-hydrogen) atoms. The molecule has 2 aromatic rings. The van der Waals surface area contributed by atoms with Crippen LogP contribution < -0.4 is 5.32 Å². The van der Waals surface area contributed by atoms with Gasteiger partial charge in [0.25, 0.3) is 0 Å². The first-order valence-electron chi connectivity index (χ1n) is 8.76. The van der Waals surface area contributed by atoms with E-state index in [0.717, 1.165) is 43.5 Å². The van der Waals surface area contributed by atoms with E-state index < -0.39 is 0 Å². The normalized spacial score (nSPS) is 16.2. The van der Waals surface area contributed by atoms with E-state index in [0.29, 0.717) is 5.92 Å². The van der Waals surface area contributed by atoms with E-state index in [9.17, 15) is 9.18 Å². The number of likely N-dealkylation sites (N-methyl/N-ethyl adjacent to an activating group) is 1. The Morgan fingerprint density at radius 2 is 1.96 bits per heavy atom. The molecule has 1 unspecified atom stereocenters. The smallest absolute Gasteiger partial charge is 0.244 e. The van der Waals surface area contributed by atoms with Gasteiger partial charge in [0.15, 0.2) is 0 Å². The minimum Gasteiger partial charge on any atom is -0.341 e. The molecule has 1 N–H and O–H groups in total. The van der Waals surface area contributed by atoms with Gasteiger partial charge in [-0.3, -0.25) is 9.48 Å². The summed E-state index contributed by atoms with van der Waals surface area (Å²) in [4.78, 5) is 14.8. The highest BCUT2D eigenvalue weighted by molar-refractivity contribution is 5.85. The SMILES string of the molecule is CNC(C(=O)N1CCC(Cc2ccc(F)cc2)CC1)c1cnn(C)c1.Cl. The molecule has 2 heterocycles. The summed E-state index contributed by atoms with van der Waals surface area (Å²) in [6.45, 7) is 1.53. The number of rotatable bonds is 5. The summed E-state index contributed by atoms with van der Waals surface area (Å²) in [5, 5.41) is 7.26. The van der Waals surface area contributed by atoms with E-state index in [2.05, 4.69) is 10.4 Å². The van der Waals surface area contributed by atoms with Gasteiger partial charge in [-0.2, -0.15) is 5.10 Å². The third kappa shape index (κ3) is 4.83. The highest BCUT2D eigenvalue weighted by Gasteiger charge is 2.29. The van der Waals surface area contributed by atoms with Crippen molar-refractivity contribution in [3.8, 4) is 0 Å². The van der Waals surface area contributed by atoms with Crippen LogP contribution in [0.25, 0.3) is 0 Å². The number of piperidine rings is 1. The Morgan fingerprint density at radius 1 is 1.31 bits per heavy atom. The van der Waals surface area contributed by atoms with Crippen molar-refractivity contribution in [2.75, 3.05) is 20.1 Å². The first-order valence-corrected chi connectivity index (χ1v) is 8.76. The molecule has 1 aromatic carbocycles. The summed E-state index contributed by atoms with van der Waals surface area (Å²) in [5.74, 6) is 0.453. The standard InChI is InChI=1S/C19H25FN4O.ClH/c1-21-18(16-12-22-23(2)13-16)19(25)24-9-7-15(8-10-24)11-14-3-5-17(20)6-4-14;/h3-6,12-13,15,18,21H,7-11H2,1-2H3;1H. The molecule has 0 aliphatic carbocycles. The molecule has 1 aromatic heterocycles. The Labute approximate surface area is 160 Å². The van der Waals surface area contributed by atoms with Crippen LogP contribution in [0, 0.1) is 11.7 Å². The second-order valence-electron chi connectivity index (χ2n) is 6.77. The van der Waals surface area contributed by atoms with Crippen molar-refractivity contribution in [2.45, 2.75) is 25.3 Å². The Balaban J connectivity index is 0.00000243. The van der Waals surface area contributed by atoms with Crippen LogP contribution in [0.4, 0.5) is 4.39 Å². The number of nitrogens with zero attached hydrogens (tertiary/aromatic N) is 3. The molecule has 0 saturated carbocycles. The number of hydrogen-bond acceptors (Lipinski definition) is 3. The zero-order chi connectivity index (χ0) is 17.8. The molecule has 1 amide bonds. The number of aromatic nitrogens is 2. The summed E-state index contributed by atoms with van der Waals surface area (Å²) in [7, 11) is 3.65. The van der Waals surface area contributed by atoms with Gasteiger partial charge < -0.3 is 10.2 Å². The van der Waals surface area contributed by atoms with E-state index >= 15 is 0 Å². The van der Waals surface area contributed by atoms with Crippen LogP contribution in [0.3, 0.4) is 0 Å². The van der Waals surface area contributed by atoms with Crippen molar-refractivity contribution < 1.29 is 9.18 Å². The molecule has 5 nitrogen and oxygen atoms in total. The van der Waals surface area contributed by atoms with Crippen LogP contribution in [0.1, 0.15) is 30.0 Å². The lowest BCUT2D eigenvalue weighted by Crippen LogP contribution is -2.44. The van der Waals surface area contributed by atoms with Gasteiger partial charge >= 0.3 is 0 Å².